The van der Waals surface area contributed by atoms with Crippen LogP contribution in [0.15, 0.2) is 47.5 Å². The lowest BCUT2D eigenvalue weighted by atomic mass is 10.1. The van der Waals surface area contributed by atoms with Crippen LogP contribution in [0, 0.1) is 5.92 Å². The molecule has 0 aromatic heterocycles. The molecule has 0 fully saturated rings. The van der Waals surface area contributed by atoms with Crippen LogP contribution in [0.1, 0.15) is 27.2 Å². The Hall–Kier alpha value is -2.03. The molecule has 0 spiro atoms. The molecule has 0 aliphatic rings. The van der Waals surface area contributed by atoms with Crippen molar-refractivity contribution in [1.29, 1.82) is 0 Å². The minimum atomic E-state index is 0. The van der Waals surface area contributed by atoms with Gasteiger partial charge in [-0.3, -0.25) is 9.79 Å². The molecular formula is C22H33IN4O2. The number of hydrogen-bond donors (Lipinski definition) is 3. The van der Waals surface area contributed by atoms with Crippen molar-refractivity contribution in [3.63, 3.8) is 0 Å². The molecule has 0 bridgehead atoms. The predicted octanol–water partition coefficient (Wildman–Crippen LogP) is 3.55. The Labute approximate surface area is 190 Å². The minimum absolute atomic E-state index is 0. The Balaban J connectivity index is 0.00000420. The number of ether oxygens (including phenoxy) is 1. The van der Waals surface area contributed by atoms with Gasteiger partial charge in [-0.05, 0) is 29.8 Å². The zero-order chi connectivity index (χ0) is 20.2. The molecule has 2 aromatic carbocycles. The zero-order valence-electron chi connectivity index (χ0n) is 17.5. The lowest BCUT2D eigenvalue weighted by Gasteiger charge is -2.12. The molecule has 6 nitrogen and oxygen atoms in total. The van der Waals surface area contributed by atoms with Gasteiger partial charge in [-0.25, -0.2) is 0 Å². The number of benzene rings is 2. The van der Waals surface area contributed by atoms with Crippen LogP contribution in [0.2, 0.25) is 0 Å². The third-order valence-electron chi connectivity index (χ3n) is 4.15. The van der Waals surface area contributed by atoms with E-state index in [0.29, 0.717) is 26.2 Å². The summed E-state index contributed by atoms with van der Waals surface area (Å²) < 4.78 is 5.85. The van der Waals surface area contributed by atoms with Crippen molar-refractivity contribution in [1.82, 2.24) is 16.0 Å². The molecule has 7 heteroatoms. The standard InChI is InChI=1S/C22H32N4O2.HI/c1-4-23-22(26-14-13-24-21(27)17(2)3)25-12-7-15-28-20-11-10-18-8-5-6-9-19(18)16-20;/h5-6,8-11,16-17H,4,7,12-15H2,1-3H3,(H,24,27)(H2,23,25,26);1H. The maximum Gasteiger partial charge on any atom is 0.222 e. The van der Waals surface area contributed by atoms with Crippen LogP contribution in [-0.4, -0.2) is 44.7 Å². The van der Waals surface area contributed by atoms with E-state index in [-0.39, 0.29) is 35.8 Å². The van der Waals surface area contributed by atoms with E-state index >= 15 is 0 Å². The molecule has 160 valence electrons. The topological polar surface area (TPSA) is 74.8 Å². The SMILES string of the molecule is CCNC(=NCCCOc1ccc2ccccc2c1)NCCNC(=O)C(C)C.I. The molecular weight excluding hydrogens is 479 g/mol. The van der Waals surface area contributed by atoms with E-state index < -0.39 is 0 Å². The molecule has 0 aliphatic carbocycles. The maximum atomic E-state index is 11.5. The van der Waals surface area contributed by atoms with Crippen LogP contribution in [0.25, 0.3) is 10.8 Å². The average Bonchev–Trinajstić information content (AvgIpc) is 2.70. The summed E-state index contributed by atoms with van der Waals surface area (Å²) in [5, 5.41) is 11.7. The number of aliphatic imine (C=N–C) groups is 1. The number of guanidine groups is 1. The highest BCUT2D eigenvalue weighted by molar-refractivity contribution is 14.0. The lowest BCUT2D eigenvalue weighted by molar-refractivity contribution is -0.123. The fourth-order valence-corrected chi connectivity index (χ4v) is 2.62. The fraction of sp³-hybridized carbons (Fsp3) is 0.455. The highest BCUT2D eigenvalue weighted by Crippen LogP contribution is 2.20. The van der Waals surface area contributed by atoms with Crippen LogP contribution in [0.4, 0.5) is 0 Å². The molecule has 0 aliphatic heterocycles. The highest BCUT2D eigenvalue weighted by atomic mass is 127. The third kappa shape index (κ3) is 9.34. The molecule has 2 rings (SSSR count). The smallest absolute Gasteiger partial charge is 0.222 e. The Morgan fingerprint density at radius 3 is 2.48 bits per heavy atom. The molecule has 0 unspecified atom stereocenters. The molecule has 1 amide bonds. The predicted molar refractivity (Wildman–Crippen MR) is 131 cm³/mol. The Morgan fingerprint density at radius 2 is 1.76 bits per heavy atom. The largest absolute Gasteiger partial charge is 0.494 e. The quantitative estimate of drug-likeness (QED) is 0.197. The monoisotopic (exact) mass is 512 g/mol. The summed E-state index contributed by atoms with van der Waals surface area (Å²) in [6.45, 7) is 9.08. The first-order valence-corrected chi connectivity index (χ1v) is 10.0. The van der Waals surface area contributed by atoms with E-state index in [4.69, 9.17) is 4.74 Å². The van der Waals surface area contributed by atoms with Gasteiger partial charge in [0.2, 0.25) is 5.91 Å². The number of amides is 1. The normalized spacial score (nSPS) is 11.1. The van der Waals surface area contributed by atoms with Gasteiger partial charge in [0.05, 0.1) is 6.61 Å². The molecule has 0 heterocycles. The van der Waals surface area contributed by atoms with Crippen LogP contribution in [0.3, 0.4) is 0 Å². The molecule has 3 N–H and O–H groups in total. The first-order valence-electron chi connectivity index (χ1n) is 10.0. The van der Waals surface area contributed by atoms with Gasteiger partial charge >= 0.3 is 0 Å². The van der Waals surface area contributed by atoms with Gasteiger partial charge in [-0.1, -0.05) is 44.2 Å². The van der Waals surface area contributed by atoms with E-state index in [1.807, 2.05) is 39.0 Å². The van der Waals surface area contributed by atoms with Crippen LogP contribution in [0.5, 0.6) is 5.75 Å². The van der Waals surface area contributed by atoms with Crippen molar-refractivity contribution in [2.45, 2.75) is 27.2 Å². The van der Waals surface area contributed by atoms with Crippen LogP contribution in [-0.2, 0) is 4.79 Å². The number of carbonyl (C=O) groups is 1. The summed E-state index contributed by atoms with van der Waals surface area (Å²) in [7, 11) is 0. The van der Waals surface area contributed by atoms with Crippen molar-refractivity contribution in [3.05, 3.63) is 42.5 Å². The summed E-state index contributed by atoms with van der Waals surface area (Å²) in [5.41, 5.74) is 0. The Kier molecular flexibility index (Phi) is 12.1. The molecule has 29 heavy (non-hydrogen) atoms. The second kappa shape index (κ2) is 14.0. The number of carbonyl (C=O) groups excluding carboxylic acids is 1. The molecule has 0 saturated heterocycles. The van der Waals surface area contributed by atoms with Gasteiger partial charge in [0.25, 0.3) is 0 Å². The Morgan fingerprint density at radius 1 is 1.03 bits per heavy atom. The van der Waals surface area contributed by atoms with Gasteiger partial charge in [-0.15, -0.1) is 24.0 Å². The number of rotatable bonds is 10. The van der Waals surface area contributed by atoms with Gasteiger partial charge in [0.1, 0.15) is 5.75 Å². The average molecular weight is 512 g/mol. The summed E-state index contributed by atoms with van der Waals surface area (Å²) in [6.07, 6.45) is 0.827. The van der Waals surface area contributed by atoms with Crippen LogP contribution < -0.4 is 20.7 Å². The second-order valence-electron chi connectivity index (χ2n) is 6.84. The maximum absolute atomic E-state index is 11.5. The first kappa shape index (κ1) is 25.0. The third-order valence-corrected chi connectivity index (χ3v) is 4.15. The summed E-state index contributed by atoms with van der Waals surface area (Å²) in [6, 6.07) is 14.4. The summed E-state index contributed by atoms with van der Waals surface area (Å²) >= 11 is 0. The molecule has 0 saturated carbocycles. The van der Waals surface area contributed by atoms with Crippen molar-refractivity contribution in [2.24, 2.45) is 10.9 Å². The molecule has 0 radical (unpaired) electrons. The Bertz CT molecular complexity index is 780. The van der Waals surface area contributed by atoms with Gasteiger partial charge in [-0.2, -0.15) is 0 Å². The van der Waals surface area contributed by atoms with E-state index in [1.54, 1.807) is 0 Å². The van der Waals surface area contributed by atoms with Crippen molar-refractivity contribution < 1.29 is 9.53 Å². The van der Waals surface area contributed by atoms with E-state index in [0.717, 1.165) is 24.7 Å². The van der Waals surface area contributed by atoms with E-state index in [1.165, 1.54) is 10.8 Å². The highest BCUT2D eigenvalue weighted by Gasteiger charge is 2.05. The van der Waals surface area contributed by atoms with E-state index in [9.17, 15) is 4.79 Å². The van der Waals surface area contributed by atoms with Gasteiger partial charge in [0, 0.05) is 38.5 Å². The number of hydrogen-bond acceptors (Lipinski definition) is 3. The second-order valence-corrected chi connectivity index (χ2v) is 6.84. The van der Waals surface area contributed by atoms with Gasteiger partial charge < -0.3 is 20.7 Å². The number of nitrogens with zero attached hydrogens (tertiary/aromatic N) is 1. The number of nitrogens with one attached hydrogen (secondary N) is 3. The van der Waals surface area contributed by atoms with E-state index in [2.05, 4.69) is 45.2 Å². The van der Waals surface area contributed by atoms with Crippen molar-refractivity contribution in [2.75, 3.05) is 32.8 Å². The lowest BCUT2D eigenvalue weighted by Crippen LogP contribution is -2.42. The minimum Gasteiger partial charge on any atom is -0.494 e. The summed E-state index contributed by atoms with van der Waals surface area (Å²) in [5.74, 6) is 1.71. The fourth-order valence-electron chi connectivity index (χ4n) is 2.62. The van der Waals surface area contributed by atoms with Gasteiger partial charge in [0.15, 0.2) is 5.96 Å². The zero-order valence-corrected chi connectivity index (χ0v) is 19.9. The summed E-state index contributed by atoms with van der Waals surface area (Å²) in [4.78, 5) is 16.1. The number of fused-ring (bicyclic) bond motifs is 1. The number of halogens is 1. The van der Waals surface area contributed by atoms with Crippen molar-refractivity contribution in [3.8, 4) is 5.75 Å². The molecule has 2 aromatic rings. The van der Waals surface area contributed by atoms with Crippen molar-refractivity contribution >= 4 is 46.6 Å². The van der Waals surface area contributed by atoms with Crippen LogP contribution >= 0.6 is 24.0 Å². The first-order chi connectivity index (χ1) is 13.6. The molecule has 0 atom stereocenters.